The number of carboxylic acids is 1. The van der Waals surface area contributed by atoms with Crippen LogP contribution in [-0.4, -0.2) is 55.6 Å². The quantitative estimate of drug-likeness (QED) is 0.405. The van der Waals surface area contributed by atoms with Gasteiger partial charge in [0.2, 0.25) is 5.24 Å². The normalized spacial score (nSPS) is 15.1. The van der Waals surface area contributed by atoms with Crippen molar-refractivity contribution >= 4 is 22.8 Å². The van der Waals surface area contributed by atoms with Gasteiger partial charge in [-0.15, -0.1) is 0 Å². The van der Waals surface area contributed by atoms with E-state index < -0.39 is 11.2 Å². The summed E-state index contributed by atoms with van der Waals surface area (Å²) in [6, 6.07) is 13.1. The van der Waals surface area contributed by atoms with Crippen molar-refractivity contribution in [2.45, 2.75) is 32.2 Å². The lowest BCUT2D eigenvalue weighted by Crippen LogP contribution is -2.37. The van der Waals surface area contributed by atoms with E-state index in [0.29, 0.717) is 12.1 Å². The lowest BCUT2D eigenvalue weighted by Gasteiger charge is -2.38. The van der Waals surface area contributed by atoms with Crippen molar-refractivity contribution in [2.75, 3.05) is 34.4 Å². The molecule has 1 heterocycles. The van der Waals surface area contributed by atoms with Gasteiger partial charge < -0.3 is 19.3 Å². The Morgan fingerprint density at radius 1 is 1.06 bits per heavy atom. The largest absolute Gasteiger partial charge is 0.497 e. The van der Waals surface area contributed by atoms with Crippen LogP contribution in [-0.2, 0) is 22.4 Å². The van der Waals surface area contributed by atoms with E-state index in [1.807, 2.05) is 12.1 Å². The van der Waals surface area contributed by atoms with Crippen LogP contribution in [0.3, 0.4) is 0 Å². The lowest BCUT2D eigenvalue weighted by molar-refractivity contribution is -0.131. The van der Waals surface area contributed by atoms with Gasteiger partial charge in [-0.2, -0.15) is 0 Å². The van der Waals surface area contributed by atoms with Crippen molar-refractivity contribution in [1.82, 2.24) is 4.90 Å². The van der Waals surface area contributed by atoms with Gasteiger partial charge in [-0.25, -0.2) is 4.79 Å². The van der Waals surface area contributed by atoms with Crippen molar-refractivity contribution < 1.29 is 28.9 Å². The molecule has 1 aliphatic heterocycles. The molecule has 0 radical (unpaired) electrons. The first-order chi connectivity index (χ1) is 16.3. The fourth-order valence-electron chi connectivity index (χ4n) is 4.00. The molecule has 34 heavy (non-hydrogen) atoms. The first kappa shape index (κ1) is 27.2. The predicted molar refractivity (Wildman–Crippen MR) is 132 cm³/mol. The van der Waals surface area contributed by atoms with Crippen LogP contribution in [0.2, 0.25) is 0 Å². The summed E-state index contributed by atoms with van der Waals surface area (Å²) < 4.78 is 16.4. The maximum absolute atomic E-state index is 9.76. The molecule has 0 aliphatic carbocycles. The van der Waals surface area contributed by atoms with Gasteiger partial charge in [0, 0.05) is 24.7 Å². The molecule has 0 saturated carbocycles. The summed E-state index contributed by atoms with van der Waals surface area (Å²) in [5.41, 5.74) is 4.05. The summed E-state index contributed by atoms with van der Waals surface area (Å²) in [6.45, 7) is 4.43. The van der Waals surface area contributed by atoms with E-state index in [2.05, 4.69) is 36.1 Å². The standard InChI is InChI=1S/C22H29NO3.C4H3ClO3/c1-5-11-23-12-10-17-14-21(25-3)22(26-4)15-19(17)20(23)13-16-6-8-18(24-2)9-7-16;5-3(6)1-2-4(7)8/h6-9,14-15,20H,5,10-13H2,1-4H3;1-2H,(H,7,8). The fraction of sp³-hybridized carbons (Fsp3) is 0.385. The number of methoxy groups -OCH3 is 3. The molecule has 0 spiro atoms. The number of ether oxygens (including phenoxy) is 3. The molecule has 1 N–H and O–H groups in total. The first-order valence-corrected chi connectivity index (χ1v) is 11.4. The molecule has 2 aromatic rings. The number of carboxylic acid groups (broad SMARTS) is 1. The molecular weight excluding hydrogens is 458 g/mol. The van der Waals surface area contributed by atoms with Gasteiger partial charge in [0.1, 0.15) is 5.75 Å². The van der Waals surface area contributed by atoms with E-state index in [-0.39, 0.29) is 0 Å². The molecule has 0 aromatic heterocycles. The van der Waals surface area contributed by atoms with Crippen molar-refractivity contribution in [3.63, 3.8) is 0 Å². The summed E-state index contributed by atoms with van der Waals surface area (Å²) >= 11 is 4.73. The average Bonchev–Trinajstić information content (AvgIpc) is 2.84. The summed E-state index contributed by atoms with van der Waals surface area (Å²) in [4.78, 5) is 22.0. The minimum atomic E-state index is -1.18. The highest BCUT2D eigenvalue weighted by atomic mass is 35.5. The van der Waals surface area contributed by atoms with Crippen LogP contribution < -0.4 is 14.2 Å². The van der Waals surface area contributed by atoms with E-state index >= 15 is 0 Å². The highest BCUT2D eigenvalue weighted by Crippen LogP contribution is 2.39. The van der Waals surface area contributed by atoms with Gasteiger partial charge in [0.05, 0.1) is 21.3 Å². The zero-order valence-corrected chi connectivity index (χ0v) is 20.8. The number of hydrogen-bond acceptors (Lipinski definition) is 6. The third-order valence-corrected chi connectivity index (χ3v) is 5.70. The Hall–Kier alpha value is -3.03. The molecule has 1 atom stereocenters. The Kier molecular flexibility index (Phi) is 10.9. The van der Waals surface area contributed by atoms with E-state index in [1.165, 1.54) is 16.7 Å². The zero-order chi connectivity index (χ0) is 25.1. The summed E-state index contributed by atoms with van der Waals surface area (Å²) in [7, 11) is 5.11. The number of carbonyl (C=O) groups excluding carboxylic acids is 1. The van der Waals surface area contributed by atoms with Crippen LogP contribution in [0.25, 0.3) is 0 Å². The van der Waals surface area contributed by atoms with Crippen LogP contribution in [0.5, 0.6) is 17.2 Å². The zero-order valence-electron chi connectivity index (χ0n) is 20.0. The van der Waals surface area contributed by atoms with E-state index in [1.54, 1.807) is 21.3 Å². The number of nitrogens with zero attached hydrogens (tertiary/aromatic N) is 1. The summed E-state index contributed by atoms with van der Waals surface area (Å²) in [5.74, 6) is 1.34. The molecule has 0 fully saturated rings. The van der Waals surface area contributed by atoms with Crippen LogP contribution in [0.1, 0.15) is 36.1 Å². The number of halogens is 1. The molecule has 7 nitrogen and oxygen atoms in total. The molecule has 0 bridgehead atoms. The third kappa shape index (κ3) is 7.78. The van der Waals surface area contributed by atoms with E-state index in [0.717, 1.165) is 55.7 Å². The molecule has 2 aromatic carbocycles. The van der Waals surface area contributed by atoms with E-state index in [4.69, 9.17) is 30.9 Å². The molecule has 3 rings (SSSR count). The second-order valence-electron chi connectivity index (χ2n) is 7.74. The highest BCUT2D eigenvalue weighted by Gasteiger charge is 2.28. The molecular formula is C26H32ClNO6. The molecule has 0 saturated heterocycles. The van der Waals surface area contributed by atoms with Crippen molar-refractivity contribution in [3.8, 4) is 17.2 Å². The Morgan fingerprint density at radius 3 is 2.21 bits per heavy atom. The monoisotopic (exact) mass is 489 g/mol. The van der Waals surface area contributed by atoms with Gasteiger partial charge in [-0.3, -0.25) is 9.69 Å². The number of carbonyl (C=O) groups is 2. The van der Waals surface area contributed by atoms with Gasteiger partial charge in [0.25, 0.3) is 0 Å². The molecule has 8 heteroatoms. The first-order valence-electron chi connectivity index (χ1n) is 11.0. The Bertz CT molecular complexity index is 974. The lowest BCUT2D eigenvalue weighted by atomic mass is 9.88. The van der Waals surface area contributed by atoms with E-state index in [9.17, 15) is 9.59 Å². The van der Waals surface area contributed by atoms with Crippen LogP contribution in [0.4, 0.5) is 0 Å². The summed E-state index contributed by atoms with van der Waals surface area (Å²) in [5, 5.41) is 7.08. The summed E-state index contributed by atoms with van der Waals surface area (Å²) in [6.07, 6.45) is 4.63. The van der Waals surface area contributed by atoms with Gasteiger partial charge >= 0.3 is 5.97 Å². The second kappa shape index (κ2) is 13.6. The number of rotatable bonds is 9. The van der Waals surface area contributed by atoms with Crippen LogP contribution in [0, 0.1) is 0 Å². The van der Waals surface area contributed by atoms with Gasteiger partial charge in [-0.1, -0.05) is 19.1 Å². The number of fused-ring (bicyclic) bond motifs is 1. The Balaban J connectivity index is 0.000000440. The predicted octanol–water partition coefficient (Wildman–Crippen LogP) is 4.66. The maximum Gasteiger partial charge on any atom is 0.328 e. The smallest absolute Gasteiger partial charge is 0.328 e. The minimum absolute atomic E-state index is 0.354. The topological polar surface area (TPSA) is 85.3 Å². The van der Waals surface area contributed by atoms with Crippen LogP contribution in [0.15, 0.2) is 48.6 Å². The number of aliphatic carboxylic acids is 1. The van der Waals surface area contributed by atoms with Crippen molar-refractivity contribution in [3.05, 3.63) is 65.2 Å². The molecule has 184 valence electrons. The average molecular weight is 490 g/mol. The minimum Gasteiger partial charge on any atom is -0.497 e. The van der Waals surface area contributed by atoms with Gasteiger partial charge in [-0.05, 0) is 78.4 Å². The van der Waals surface area contributed by atoms with Gasteiger partial charge in [0.15, 0.2) is 11.5 Å². The maximum atomic E-state index is 9.76. The Morgan fingerprint density at radius 2 is 1.71 bits per heavy atom. The van der Waals surface area contributed by atoms with Crippen molar-refractivity contribution in [2.24, 2.45) is 0 Å². The Labute approximate surface area is 205 Å². The highest BCUT2D eigenvalue weighted by molar-refractivity contribution is 6.66. The van der Waals surface area contributed by atoms with Crippen molar-refractivity contribution in [1.29, 1.82) is 0 Å². The second-order valence-corrected chi connectivity index (χ2v) is 8.11. The van der Waals surface area contributed by atoms with Crippen LogP contribution >= 0.6 is 11.6 Å². The molecule has 1 aliphatic rings. The third-order valence-electron chi connectivity index (χ3n) is 5.57. The number of allylic oxidation sites excluding steroid dienone is 1. The fourth-order valence-corrected chi connectivity index (χ4v) is 4.06. The number of hydrogen-bond donors (Lipinski definition) is 1. The SMILES string of the molecule is CCCN1CCc2cc(OC)c(OC)cc2C1Cc1ccc(OC)cc1.O=C(O)C=CC(=O)Cl. The molecule has 1 unspecified atom stereocenters. The molecule has 0 amide bonds. The number of benzene rings is 2.